The van der Waals surface area contributed by atoms with E-state index in [4.69, 9.17) is 17.3 Å². The molecule has 0 unspecified atom stereocenters. The van der Waals surface area contributed by atoms with Crippen molar-refractivity contribution in [1.82, 2.24) is 5.32 Å². The van der Waals surface area contributed by atoms with Crippen LogP contribution in [0.15, 0.2) is 24.3 Å². The van der Waals surface area contributed by atoms with Crippen LogP contribution in [0.1, 0.15) is 37.7 Å². The van der Waals surface area contributed by atoms with Gasteiger partial charge in [0.05, 0.1) is 0 Å². The second-order valence-corrected chi connectivity index (χ2v) is 5.12. The van der Waals surface area contributed by atoms with E-state index in [2.05, 4.69) is 5.32 Å². The summed E-state index contributed by atoms with van der Waals surface area (Å²) >= 11 is 5.81. The molecule has 0 aliphatic carbocycles. The number of carbonyl (C=O) groups is 1. The zero-order chi connectivity index (χ0) is 13.9. The molecule has 0 aliphatic heterocycles. The fourth-order valence-electron chi connectivity index (χ4n) is 1.87. The summed E-state index contributed by atoms with van der Waals surface area (Å²) in [5.41, 5.74) is 6.60. The van der Waals surface area contributed by atoms with Crippen LogP contribution in [0, 0.1) is 0 Å². The van der Waals surface area contributed by atoms with Crippen molar-refractivity contribution in [3.8, 4) is 0 Å². The maximum atomic E-state index is 11.6. The molecule has 1 aromatic rings. The van der Waals surface area contributed by atoms with E-state index >= 15 is 0 Å². The standard InChI is InChI=1S/C15H23ClN2O/c16-14-8-6-13(7-9-14)10-12-18-15(19)5-3-1-2-4-11-17/h6-9H,1-5,10-12,17H2,(H,18,19). The maximum Gasteiger partial charge on any atom is 0.220 e. The molecule has 1 amide bonds. The Balaban J connectivity index is 2.05. The highest BCUT2D eigenvalue weighted by Crippen LogP contribution is 2.09. The predicted octanol–water partition coefficient (Wildman–Crippen LogP) is 2.91. The molecule has 3 N–H and O–H groups in total. The molecule has 0 radical (unpaired) electrons. The number of nitrogens with one attached hydrogen (secondary N) is 1. The van der Waals surface area contributed by atoms with Gasteiger partial charge in [0.1, 0.15) is 0 Å². The summed E-state index contributed by atoms with van der Waals surface area (Å²) in [7, 11) is 0. The minimum Gasteiger partial charge on any atom is -0.356 e. The molecule has 1 rings (SSSR count). The molecule has 0 aliphatic rings. The van der Waals surface area contributed by atoms with Gasteiger partial charge in [-0.1, -0.05) is 36.6 Å². The molecule has 0 atom stereocenters. The van der Waals surface area contributed by atoms with E-state index < -0.39 is 0 Å². The van der Waals surface area contributed by atoms with Crippen molar-refractivity contribution in [3.63, 3.8) is 0 Å². The second-order valence-electron chi connectivity index (χ2n) is 4.68. The van der Waals surface area contributed by atoms with E-state index in [9.17, 15) is 4.79 Å². The predicted molar refractivity (Wildman–Crippen MR) is 80.3 cm³/mol. The summed E-state index contributed by atoms with van der Waals surface area (Å²) < 4.78 is 0. The minimum absolute atomic E-state index is 0.140. The summed E-state index contributed by atoms with van der Waals surface area (Å²) in [6, 6.07) is 7.72. The third-order valence-corrected chi connectivity index (χ3v) is 3.26. The molecule has 1 aromatic carbocycles. The molecular weight excluding hydrogens is 260 g/mol. The van der Waals surface area contributed by atoms with E-state index in [0.29, 0.717) is 13.0 Å². The van der Waals surface area contributed by atoms with Gasteiger partial charge in [0.2, 0.25) is 5.91 Å². The van der Waals surface area contributed by atoms with Crippen LogP contribution in [0.25, 0.3) is 0 Å². The normalized spacial score (nSPS) is 10.4. The first-order chi connectivity index (χ1) is 9.22. The maximum absolute atomic E-state index is 11.6. The second kappa shape index (κ2) is 9.82. The third-order valence-electron chi connectivity index (χ3n) is 3.01. The molecule has 0 heterocycles. The number of benzene rings is 1. The molecule has 106 valence electrons. The highest BCUT2D eigenvalue weighted by Gasteiger charge is 2.00. The molecule has 0 aromatic heterocycles. The van der Waals surface area contributed by atoms with Gasteiger partial charge in [0.25, 0.3) is 0 Å². The zero-order valence-electron chi connectivity index (χ0n) is 11.3. The Morgan fingerprint density at radius 2 is 1.79 bits per heavy atom. The lowest BCUT2D eigenvalue weighted by Gasteiger charge is -2.05. The Hall–Kier alpha value is -1.06. The third kappa shape index (κ3) is 7.85. The summed E-state index contributed by atoms with van der Waals surface area (Å²) in [5.74, 6) is 0.140. The molecule has 0 saturated carbocycles. The van der Waals surface area contributed by atoms with Crippen LogP contribution < -0.4 is 11.1 Å². The molecule has 0 spiro atoms. The Kier molecular flexibility index (Phi) is 8.26. The quantitative estimate of drug-likeness (QED) is 0.684. The van der Waals surface area contributed by atoms with E-state index in [1.54, 1.807) is 0 Å². The van der Waals surface area contributed by atoms with Crippen molar-refractivity contribution >= 4 is 17.5 Å². The van der Waals surface area contributed by atoms with Crippen molar-refractivity contribution in [2.45, 2.75) is 38.5 Å². The van der Waals surface area contributed by atoms with Crippen molar-refractivity contribution in [1.29, 1.82) is 0 Å². The number of nitrogens with two attached hydrogens (primary N) is 1. The van der Waals surface area contributed by atoms with Gasteiger partial charge in [0.15, 0.2) is 0 Å². The topological polar surface area (TPSA) is 55.1 Å². The number of rotatable bonds is 9. The van der Waals surface area contributed by atoms with Crippen molar-refractivity contribution in [2.24, 2.45) is 5.73 Å². The lowest BCUT2D eigenvalue weighted by atomic mass is 10.1. The van der Waals surface area contributed by atoms with Crippen LogP contribution in [0.3, 0.4) is 0 Å². The summed E-state index contributed by atoms with van der Waals surface area (Å²) in [5, 5.41) is 3.68. The fraction of sp³-hybridized carbons (Fsp3) is 0.533. The van der Waals surface area contributed by atoms with Crippen molar-refractivity contribution in [3.05, 3.63) is 34.9 Å². The number of amides is 1. The first kappa shape index (κ1) is 16.0. The number of unbranched alkanes of at least 4 members (excludes halogenated alkanes) is 3. The number of carbonyl (C=O) groups excluding carboxylic acids is 1. The van der Waals surface area contributed by atoms with Gasteiger partial charge in [-0.25, -0.2) is 0 Å². The van der Waals surface area contributed by atoms with Gasteiger partial charge in [-0.2, -0.15) is 0 Å². The minimum atomic E-state index is 0.140. The van der Waals surface area contributed by atoms with Gasteiger partial charge in [-0.15, -0.1) is 0 Å². The average molecular weight is 283 g/mol. The first-order valence-corrected chi connectivity index (χ1v) is 7.31. The first-order valence-electron chi connectivity index (χ1n) is 6.93. The van der Waals surface area contributed by atoms with Gasteiger partial charge in [-0.05, 0) is 43.5 Å². The van der Waals surface area contributed by atoms with E-state index in [0.717, 1.165) is 43.7 Å². The van der Waals surface area contributed by atoms with Crippen LogP contribution in [-0.4, -0.2) is 19.0 Å². The van der Waals surface area contributed by atoms with Crippen LogP contribution >= 0.6 is 11.6 Å². The number of hydrogen-bond donors (Lipinski definition) is 2. The van der Waals surface area contributed by atoms with Crippen LogP contribution in [0.2, 0.25) is 5.02 Å². The molecule has 0 bridgehead atoms. The molecule has 0 fully saturated rings. The summed E-state index contributed by atoms with van der Waals surface area (Å²) in [6.45, 7) is 1.43. The largest absolute Gasteiger partial charge is 0.356 e. The lowest BCUT2D eigenvalue weighted by molar-refractivity contribution is -0.121. The molecular formula is C15H23ClN2O. The lowest BCUT2D eigenvalue weighted by Crippen LogP contribution is -2.25. The van der Waals surface area contributed by atoms with Crippen molar-refractivity contribution < 1.29 is 4.79 Å². The van der Waals surface area contributed by atoms with Crippen LogP contribution in [0.5, 0.6) is 0 Å². The Morgan fingerprint density at radius 3 is 2.47 bits per heavy atom. The molecule has 0 saturated heterocycles. The van der Waals surface area contributed by atoms with Crippen molar-refractivity contribution in [2.75, 3.05) is 13.1 Å². The summed E-state index contributed by atoms with van der Waals surface area (Å²) in [4.78, 5) is 11.6. The average Bonchev–Trinajstić information content (AvgIpc) is 2.41. The van der Waals surface area contributed by atoms with Crippen LogP contribution in [-0.2, 0) is 11.2 Å². The smallest absolute Gasteiger partial charge is 0.220 e. The Morgan fingerprint density at radius 1 is 1.11 bits per heavy atom. The molecule has 4 heteroatoms. The van der Waals surface area contributed by atoms with E-state index in [1.165, 1.54) is 5.56 Å². The molecule has 19 heavy (non-hydrogen) atoms. The fourth-order valence-corrected chi connectivity index (χ4v) is 2.00. The number of halogens is 1. The van der Waals surface area contributed by atoms with Gasteiger partial charge in [-0.3, -0.25) is 4.79 Å². The summed E-state index contributed by atoms with van der Waals surface area (Å²) in [6.07, 6.45) is 5.67. The SMILES string of the molecule is NCCCCCCC(=O)NCCc1ccc(Cl)cc1. The highest BCUT2D eigenvalue weighted by molar-refractivity contribution is 6.30. The highest BCUT2D eigenvalue weighted by atomic mass is 35.5. The van der Waals surface area contributed by atoms with Gasteiger partial charge >= 0.3 is 0 Å². The molecule has 3 nitrogen and oxygen atoms in total. The van der Waals surface area contributed by atoms with Crippen LogP contribution in [0.4, 0.5) is 0 Å². The van der Waals surface area contributed by atoms with Gasteiger partial charge < -0.3 is 11.1 Å². The zero-order valence-corrected chi connectivity index (χ0v) is 12.1. The number of hydrogen-bond acceptors (Lipinski definition) is 2. The van der Waals surface area contributed by atoms with E-state index in [1.807, 2.05) is 24.3 Å². The van der Waals surface area contributed by atoms with E-state index in [-0.39, 0.29) is 5.91 Å². The monoisotopic (exact) mass is 282 g/mol. The Bertz CT molecular complexity index is 365. The van der Waals surface area contributed by atoms with Gasteiger partial charge in [0, 0.05) is 18.0 Å². The Labute approximate surface area is 120 Å².